The number of alkyl halides is 2. The van der Waals surface area contributed by atoms with Gasteiger partial charge in [-0.3, -0.25) is 0 Å². The first-order chi connectivity index (χ1) is 8.57. The molecule has 0 aliphatic heterocycles. The van der Waals surface area contributed by atoms with Crippen LogP contribution < -0.4 is 5.32 Å². The molecule has 0 spiro atoms. The maximum atomic E-state index is 13.1. The van der Waals surface area contributed by atoms with E-state index in [1.807, 2.05) is 6.92 Å². The highest BCUT2D eigenvalue weighted by Gasteiger charge is 2.39. The number of hydrogen-bond acceptors (Lipinski definition) is 2. The van der Waals surface area contributed by atoms with E-state index in [0.29, 0.717) is 12.5 Å². The van der Waals surface area contributed by atoms with E-state index in [-0.39, 0.29) is 18.8 Å². The van der Waals surface area contributed by atoms with Crippen molar-refractivity contribution in [2.75, 3.05) is 19.8 Å². The molecular weight excluding hydrogens is 236 g/mol. The lowest BCUT2D eigenvalue weighted by molar-refractivity contribution is 0.00424. The molecular formula is C14H27F2NO. The minimum absolute atomic E-state index is 0.0788. The van der Waals surface area contributed by atoms with E-state index in [9.17, 15) is 8.78 Å². The molecule has 0 radical (unpaired) electrons. The molecule has 0 aromatic rings. The molecule has 1 N–H and O–H groups in total. The maximum Gasteiger partial charge on any atom is 0.248 e. The minimum atomic E-state index is -2.41. The molecule has 0 saturated heterocycles. The predicted octanol–water partition coefficient (Wildman–Crippen LogP) is 3.61. The van der Waals surface area contributed by atoms with Crippen molar-refractivity contribution < 1.29 is 13.5 Å². The first-order valence-electron chi connectivity index (χ1n) is 7.26. The molecule has 1 rings (SSSR count). The molecule has 0 amide bonds. The molecule has 1 aliphatic carbocycles. The van der Waals surface area contributed by atoms with Crippen LogP contribution in [0.3, 0.4) is 0 Å². The summed E-state index contributed by atoms with van der Waals surface area (Å²) in [4.78, 5) is 0. The van der Waals surface area contributed by atoms with Crippen LogP contribution in [0.15, 0.2) is 0 Å². The van der Waals surface area contributed by atoms with Gasteiger partial charge in [-0.1, -0.05) is 6.92 Å². The molecule has 1 saturated carbocycles. The van der Waals surface area contributed by atoms with Gasteiger partial charge in [0.05, 0.1) is 0 Å². The second kappa shape index (κ2) is 8.05. The fraction of sp³-hybridized carbons (Fsp3) is 1.00. The Morgan fingerprint density at radius 2 is 2.17 bits per heavy atom. The predicted molar refractivity (Wildman–Crippen MR) is 70.1 cm³/mol. The largest absolute Gasteiger partial charge is 0.382 e. The normalized spacial score (nSPS) is 24.3. The lowest BCUT2D eigenvalue weighted by Gasteiger charge is -2.21. The number of nitrogens with one attached hydrogen (secondary N) is 1. The Morgan fingerprint density at radius 3 is 2.72 bits per heavy atom. The van der Waals surface area contributed by atoms with E-state index in [1.165, 1.54) is 0 Å². The first kappa shape index (κ1) is 15.8. The molecule has 1 fully saturated rings. The Hall–Kier alpha value is -0.220. The van der Waals surface area contributed by atoms with E-state index < -0.39 is 5.92 Å². The van der Waals surface area contributed by atoms with Gasteiger partial charge in [-0.15, -0.1) is 0 Å². The highest BCUT2D eigenvalue weighted by molar-refractivity contribution is 4.84. The second-order valence-corrected chi connectivity index (χ2v) is 5.29. The fourth-order valence-corrected chi connectivity index (χ4v) is 2.81. The zero-order chi connectivity index (χ0) is 13.4. The number of rotatable bonds is 9. The van der Waals surface area contributed by atoms with Crippen molar-refractivity contribution in [1.29, 1.82) is 0 Å². The highest BCUT2D eigenvalue weighted by Crippen LogP contribution is 2.41. The van der Waals surface area contributed by atoms with Crippen LogP contribution in [0.4, 0.5) is 8.78 Å². The summed E-state index contributed by atoms with van der Waals surface area (Å²) in [5.41, 5.74) is 0. The van der Waals surface area contributed by atoms with Crippen LogP contribution in [0.1, 0.15) is 52.4 Å². The van der Waals surface area contributed by atoms with Crippen LogP contribution in [0.5, 0.6) is 0 Å². The maximum absolute atomic E-state index is 13.1. The molecule has 18 heavy (non-hydrogen) atoms. The van der Waals surface area contributed by atoms with Crippen molar-refractivity contribution in [2.24, 2.45) is 5.92 Å². The Kier molecular flexibility index (Phi) is 7.08. The summed E-state index contributed by atoms with van der Waals surface area (Å²) < 4.78 is 31.6. The number of hydrogen-bond donors (Lipinski definition) is 1. The Morgan fingerprint density at radius 1 is 1.39 bits per heavy atom. The Balaban J connectivity index is 2.24. The fourth-order valence-electron chi connectivity index (χ4n) is 2.81. The van der Waals surface area contributed by atoms with Gasteiger partial charge < -0.3 is 10.1 Å². The molecule has 0 aromatic heterocycles. The van der Waals surface area contributed by atoms with E-state index in [4.69, 9.17) is 4.74 Å². The quantitative estimate of drug-likeness (QED) is 0.642. The Labute approximate surface area is 109 Å². The summed E-state index contributed by atoms with van der Waals surface area (Å²) in [7, 11) is 0. The summed E-state index contributed by atoms with van der Waals surface area (Å²) in [6, 6.07) is 0.370. The second-order valence-electron chi connectivity index (χ2n) is 5.29. The van der Waals surface area contributed by atoms with Crippen molar-refractivity contribution in [2.45, 2.75) is 64.3 Å². The van der Waals surface area contributed by atoms with Gasteiger partial charge in [-0.2, -0.15) is 0 Å². The molecule has 108 valence electrons. The van der Waals surface area contributed by atoms with Gasteiger partial charge in [0.15, 0.2) is 0 Å². The molecule has 1 aliphatic rings. The van der Waals surface area contributed by atoms with Crippen LogP contribution in [-0.2, 0) is 4.74 Å². The van der Waals surface area contributed by atoms with Crippen LogP contribution in [-0.4, -0.2) is 31.7 Å². The SMILES string of the molecule is CCNC(CCCOCC)CC1CCC(F)(F)C1. The van der Waals surface area contributed by atoms with Gasteiger partial charge in [-0.25, -0.2) is 8.78 Å². The standard InChI is InChI=1S/C14H27F2NO/c1-3-17-13(6-5-9-18-4-2)10-12-7-8-14(15,16)11-12/h12-13,17H,3-11H2,1-2H3. The van der Waals surface area contributed by atoms with Crippen molar-refractivity contribution in [3.05, 3.63) is 0 Å². The Bertz CT molecular complexity index is 224. The van der Waals surface area contributed by atoms with Crippen LogP contribution in [0.2, 0.25) is 0 Å². The molecule has 0 bridgehead atoms. The molecule has 2 atom stereocenters. The van der Waals surface area contributed by atoms with Crippen molar-refractivity contribution in [3.63, 3.8) is 0 Å². The monoisotopic (exact) mass is 263 g/mol. The minimum Gasteiger partial charge on any atom is -0.382 e. The van der Waals surface area contributed by atoms with Gasteiger partial charge in [0.25, 0.3) is 0 Å². The zero-order valence-corrected chi connectivity index (χ0v) is 11.7. The van der Waals surface area contributed by atoms with Crippen LogP contribution in [0.25, 0.3) is 0 Å². The summed E-state index contributed by atoms with van der Waals surface area (Å²) >= 11 is 0. The zero-order valence-electron chi connectivity index (χ0n) is 11.7. The van der Waals surface area contributed by atoms with Gasteiger partial charge in [0, 0.05) is 32.1 Å². The summed E-state index contributed by atoms with van der Waals surface area (Å²) in [6.45, 7) is 6.49. The van der Waals surface area contributed by atoms with Crippen molar-refractivity contribution >= 4 is 0 Å². The average Bonchev–Trinajstić information content (AvgIpc) is 2.64. The lowest BCUT2D eigenvalue weighted by Crippen LogP contribution is -2.31. The van der Waals surface area contributed by atoms with Crippen molar-refractivity contribution in [1.82, 2.24) is 5.32 Å². The van der Waals surface area contributed by atoms with Gasteiger partial charge in [0.2, 0.25) is 5.92 Å². The summed E-state index contributed by atoms with van der Waals surface area (Å²) in [5, 5.41) is 3.41. The van der Waals surface area contributed by atoms with E-state index in [2.05, 4.69) is 12.2 Å². The van der Waals surface area contributed by atoms with Crippen molar-refractivity contribution in [3.8, 4) is 0 Å². The summed E-state index contributed by atoms with van der Waals surface area (Å²) in [5.74, 6) is -2.22. The van der Waals surface area contributed by atoms with Gasteiger partial charge in [-0.05, 0) is 45.1 Å². The molecule has 4 heteroatoms. The van der Waals surface area contributed by atoms with Crippen LogP contribution >= 0.6 is 0 Å². The van der Waals surface area contributed by atoms with E-state index in [1.54, 1.807) is 0 Å². The molecule has 0 heterocycles. The van der Waals surface area contributed by atoms with Gasteiger partial charge >= 0.3 is 0 Å². The molecule has 2 nitrogen and oxygen atoms in total. The van der Waals surface area contributed by atoms with Gasteiger partial charge in [0.1, 0.15) is 0 Å². The number of halogens is 2. The smallest absolute Gasteiger partial charge is 0.248 e. The third-order valence-electron chi connectivity index (χ3n) is 3.66. The number of ether oxygens (including phenoxy) is 1. The molecule has 2 unspecified atom stereocenters. The molecule has 0 aromatic carbocycles. The van der Waals surface area contributed by atoms with E-state index in [0.717, 1.165) is 39.0 Å². The van der Waals surface area contributed by atoms with E-state index >= 15 is 0 Å². The summed E-state index contributed by atoms with van der Waals surface area (Å²) in [6.07, 6.45) is 3.76. The topological polar surface area (TPSA) is 21.3 Å². The third-order valence-corrected chi connectivity index (χ3v) is 3.66. The lowest BCUT2D eigenvalue weighted by atomic mass is 9.95. The van der Waals surface area contributed by atoms with Crippen LogP contribution in [0, 0.1) is 5.92 Å². The third kappa shape index (κ3) is 6.10. The first-order valence-corrected chi connectivity index (χ1v) is 7.26. The average molecular weight is 263 g/mol. The highest BCUT2D eigenvalue weighted by atomic mass is 19.3.